The summed E-state index contributed by atoms with van der Waals surface area (Å²) in [4.78, 5) is 6.70. The average Bonchev–Trinajstić information content (AvgIpc) is 2.63. The molecule has 7 heteroatoms. The van der Waals surface area contributed by atoms with Gasteiger partial charge in [-0.1, -0.05) is 18.2 Å². The summed E-state index contributed by atoms with van der Waals surface area (Å²) in [5.41, 5.74) is 1.36. The highest BCUT2D eigenvalue weighted by atomic mass is 32.2. The number of rotatable bonds is 6. The van der Waals surface area contributed by atoms with E-state index in [4.69, 9.17) is 0 Å². The molecule has 0 saturated carbocycles. The minimum atomic E-state index is -3.49. The highest BCUT2D eigenvalue weighted by molar-refractivity contribution is 7.88. The first-order valence-corrected chi connectivity index (χ1v) is 10.1. The number of aromatic nitrogens is 1. The fourth-order valence-corrected chi connectivity index (χ4v) is 4.00. The Kier molecular flexibility index (Phi) is 5.65. The first-order valence-electron chi connectivity index (χ1n) is 8.43. The number of halogens is 1. The normalized spacial score (nSPS) is 15.3. The van der Waals surface area contributed by atoms with Crippen molar-refractivity contribution in [2.45, 2.75) is 31.6 Å². The van der Waals surface area contributed by atoms with Gasteiger partial charge in [-0.2, -0.15) is 0 Å². The zero-order valence-corrected chi connectivity index (χ0v) is 14.8. The molecule has 1 aliphatic rings. The molecular weight excluding hydrogens is 341 g/mol. The fraction of sp³-hybridized carbons (Fsp3) is 0.389. The van der Waals surface area contributed by atoms with E-state index in [1.165, 1.54) is 43.5 Å². The van der Waals surface area contributed by atoms with Crippen LogP contribution in [0.1, 0.15) is 30.4 Å². The molecule has 0 amide bonds. The van der Waals surface area contributed by atoms with E-state index >= 15 is 0 Å². The lowest BCUT2D eigenvalue weighted by Gasteiger charge is -2.27. The Morgan fingerprint density at radius 1 is 1.00 bits per heavy atom. The van der Waals surface area contributed by atoms with Gasteiger partial charge in [-0.3, -0.25) is 0 Å². The molecule has 0 spiro atoms. The first kappa shape index (κ1) is 17.8. The highest BCUT2D eigenvalue weighted by Crippen LogP contribution is 2.17. The van der Waals surface area contributed by atoms with Crippen LogP contribution in [0.15, 0.2) is 42.6 Å². The molecule has 1 aromatic heterocycles. The van der Waals surface area contributed by atoms with Crippen LogP contribution >= 0.6 is 0 Å². The summed E-state index contributed by atoms with van der Waals surface area (Å²) in [6.45, 7) is 2.24. The van der Waals surface area contributed by atoms with Gasteiger partial charge in [0.25, 0.3) is 0 Å². The summed E-state index contributed by atoms with van der Waals surface area (Å²) in [6.07, 6.45) is 5.36. The van der Waals surface area contributed by atoms with Crippen LogP contribution in [-0.4, -0.2) is 26.5 Å². The van der Waals surface area contributed by atoms with E-state index in [1.807, 2.05) is 12.1 Å². The molecule has 1 aliphatic heterocycles. The minimum Gasteiger partial charge on any atom is -0.357 e. The van der Waals surface area contributed by atoms with Crippen LogP contribution in [0.4, 0.5) is 10.2 Å². The van der Waals surface area contributed by atoms with Crippen molar-refractivity contribution < 1.29 is 12.8 Å². The third kappa shape index (κ3) is 5.24. The molecule has 1 saturated heterocycles. The summed E-state index contributed by atoms with van der Waals surface area (Å²) in [7, 11) is -3.49. The largest absolute Gasteiger partial charge is 0.357 e. The van der Waals surface area contributed by atoms with Gasteiger partial charge in [0.1, 0.15) is 11.6 Å². The van der Waals surface area contributed by atoms with Gasteiger partial charge in [0.2, 0.25) is 10.0 Å². The van der Waals surface area contributed by atoms with E-state index in [9.17, 15) is 12.8 Å². The van der Waals surface area contributed by atoms with Gasteiger partial charge in [-0.05, 0) is 48.6 Å². The van der Waals surface area contributed by atoms with Gasteiger partial charge in [0, 0.05) is 25.8 Å². The fourth-order valence-electron chi connectivity index (χ4n) is 2.88. The van der Waals surface area contributed by atoms with Crippen molar-refractivity contribution in [3.05, 3.63) is 59.5 Å². The Morgan fingerprint density at radius 3 is 2.32 bits per heavy atom. The van der Waals surface area contributed by atoms with E-state index in [0.29, 0.717) is 5.56 Å². The predicted molar refractivity (Wildman–Crippen MR) is 96.2 cm³/mol. The number of benzene rings is 1. The van der Waals surface area contributed by atoms with Gasteiger partial charge in [-0.25, -0.2) is 22.5 Å². The monoisotopic (exact) mass is 363 g/mol. The van der Waals surface area contributed by atoms with Gasteiger partial charge in [0.05, 0.1) is 5.75 Å². The maximum atomic E-state index is 12.9. The molecule has 0 atom stereocenters. The van der Waals surface area contributed by atoms with Crippen LogP contribution in [-0.2, 0) is 22.3 Å². The van der Waals surface area contributed by atoms with E-state index in [1.54, 1.807) is 6.20 Å². The van der Waals surface area contributed by atoms with Crippen LogP contribution in [0.25, 0.3) is 0 Å². The van der Waals surface area contributed by atoms with Crippen molar-refractivity contribution in [1.29, 1.82) is 0 Å². The summed E-state index contributed by atoms with van der Waals surface area (Å²) in [5.74, 6) is 0.388. The number of piperidine rings is 1. The molecular formula is C18H22FN3O2S. The Morgan fingerprint density at radius 2 is 1.68 bits per heavy atom. The summed E-state index contributed by atoms with van der Waals surface area (Å²) >= 11 is 0. The molecule has 0 unspecified atom stereocenters. The Labute approximate surface area is 147 Å². The molecule has 1 fully saturated rings. The summed E-state index contributed by atoms with van der Waals surface area (Å²) in [5, 5.41) is 0. The third-order valence-corrected chi connectivity index (χ3v) is 5.55. The van der Waals surface area contributed by atoms with Gasteiger partial charge < -0.3 is 4.90 Å². The number of sulfonamides is 1. The zero-order chi connectivity index (χ0) is 17.7. The number of nitrogens with zero attached hydrogens (tertiary/aromatic N) is 2. The van der Waals surface area contributed by atoms with Crippen LogP contribution in [0.3, 0.4) is 0 Å². The van der Waals surface area contributed by atoms with Gasteiger partial charge >= 0.3 is 0 Å². The maximum absolute atomic E-state index is 12.9. The van der Waals surface area contributed by atoms with Crippen molar-refractivity contribution in [3.8, 4) is 0 Å². The SMILES string of the molecule is O=S(=O)(Cc1ccc(F)cc1)NCc1ccc(N2CCCCC2)nc1. The lowest BCUT2D eigenvalue weighted by Crippen LogP contribution is -2.30. The molecule has 25 heavy (non-hydrogen) atoms. The van der Waals surface area contributed by atoms with Crippen molar-refractivity contribution in [2.24, 2.45) is 0 Å². The minimum absolute atomic E-state index is 0.174. The first-order chi connectivity index (χ1) is 12.0. The van der Waals surface area contributed by atoms with Crippen molar-refractivity contribution >= 4 is 15.8 Å². The molecule has 0 aliphatic carbocycles. The molecule has 5 nitrogen and oxygen atoms in total. The summed E-state index contributed by atoms with van der Waals surface area (Å²) in [6, 6.07) is 9.31. The van der Waals surface area contributed by atoms with Crippen LogP contribution in [0.2, 0.25) is 0 Å². The number of nitrogens with one attached hydrogen (secondary N) is 1. The van der Waals surface area contributed by atoms with E-state index in [2.05, 4.69) is 14.6 Å². The molecule has 134 valence electrons. The average molecular weight is 363 g/mol. The standard InChI is InChI=1S/C18H22FN3O2S/c19-17-7-4-15(5-8-17)14-25(23,24)21-13-16-6-9-18(20-12-16)22-10-2-1-3-11-22/h4-9,12,21H,1-3,10-11,13-14H2. The van der Waals surface area contributed by atoms with Crippen molar-refractivity contribution in [1.82, 2.24) is 9.71 Å². The van der Waals surface area contributed by atoms with Crippen molar-refractivity contribution in [2.75, 3.05) is 18.0 Å². The molecule has 1 N–H and O–H groups in total. The van der Waals surface area contributed by atoms with Crippen LogP contribution in [0, 0.1) is 5.82 Å². The summed E-state index contributed by atoms with van der Waals surface area (Å²) < 4.78 is 39.7. The van der Waals surface area contributed by atoms with Gasteiger partial charge in [0.15, 0.2) is 0 Å². The smallest absolute Gasteiger partial charge is 0.216 e. The van der Waals surface area contributed by atoms with Crippen LogP contribution < -0.4 is 9.62 Å². The molecule has 1 aromatic carbocycles. The molecule has 2 heterocycles. The van der Waals surface area contributed by atoms with E-state index in [0.717, 1.165) is 24.5 Å². The van der Waals surface area contributed by atoms with Gasteiger partial charge in [-0.15, -0.1) is 0 Å². The third-order valence-electron chi connectivity index (χ3n) is 4.26. The molecule has 3 rings (SSSR count). The number of pyridine rings is 1. The Balaban J connectivity index is 1.55. The number of anilines is 1. The number of hydrogen-bond acceptors (Lipinski definition) is 4. The predicted octanol–water partition coefficient (Wildman–Crippen LogP) is 2.83. The molecule has 0 radical (unpaired) electrons. The highest BCUT2D eigenvalue weighted by Gasteiger charge is 2.13. The second-order valence-corrected chi connectivity index (χ2v) is 8.09. The van der Waals surface area contributed by atoms with E-state index in [-0.39, 0.29) is 18.1 Å². The lowest BCUT2D eigenvalue weighted by molar-refractivity contribution is 0.573. The van der Waals surface area contributed by atoms with Crippen LogP contribution in [0.5, 0.6) is 0 Å². The molecule has 0 bridgehead atoms. The Bertz CT molecular complexity index is 786. The van der Waals surface area contributed by atoms with Crippen molar-refractivity contribution in [3.63, 3.8) is 0 Å². The lowest BCUT2D eigenvalue weighted by atomic mass is 10.1. The topological polar surface area (TPSA) is 62.3 Å². The maximum Gasteiger partial charge on any atom is 0.216 e. The number of hydrogen-bond donors (Lipinski definition) is 1. The van der Waals surface area contributed by atoms with E-state index < -0.39 is 10.0 Å². The second kappa shape index (κ2) is 7.93. The Hall–Kier alpha value is -1.99. The zero-order valence-electron chi connectivity index (χ0n) is 14.0. The molecule has 2 aromatic rings. The quantitative estimate of drug-likeness (QED) is 0.857. The second-order valence-electron chi connectivity index (χ2n) is 6.28.